The zero-order valence-electron chi connectivity index (χ0n) is 30.3. The lowest BCUT2D eigenvalue weighted by atomic mass is 9.84. The first-order valence-corrected chi connectivity index (χ1v) is 19.3. The minimum Gasteiger partial charge on any atom is -0.394 e. The van der Waals surface area contributed by atoms with Crippen LogP contribution >= 0.6 is 0 Å². The summed E-state index contributed by atoms with van der Waals surface area (Å²) in [6.45, 7) is -2.26. The molecule has 4 saturated heterocycles. The van der Waals surface area contributed by atoms with E-state index in [9.17, 15) is 51.1 Å². The van der Waals surface area contributed by atoms with E-state index in [0.717, 1.165) is 0 Å². The molecule has 0 aromatic carbocycles. The maximum Gasteiger partial charge on any atom is 0.394 e. The van der Waals surface area contributed by atoms with Gasteiger partial charge >= 0.3 is 10.4 Å². The van der Waals surface area contributed by atoms with Gasteiger partial charge in [0.2, 0.25) is 0 Å². The monoisotopic (exact) mass is 859 g/mol. The molecular formula is C29H57N5O22S. The summed E-state index contributed by atoms with van der Waals surface area (Å²) >= 11 is 0. The lowest BCUT2D eigenvalue weighted by Gasteiger charge is -2.47. The van der Waals surface area contributed by atoms with E-state index in [0.29, 0.717) is 0 Å². The molecule has 4 heterocycles. The molecule has 0 unspecified atom stereocenters. The van der Waals surface area contributed by atoms with Gasteiger partial charge in [-0.15, -0.1) is 0 Å². The number of rotatable bonds is 12. The van der Waals surface area contributed by atoms with E-state index in [-0.39, 0.29) is 19.4 Å². The predicted molar refractivity (Wildman–Crippen MR) is 182 cm³/mol. The van der Waals surface area contributed by atoms with Crippen molar-refractivity contribution in [2.24, 2.45) is 28.7 Å². The van der Waals surface area contributed by atoms with Crippen molar-refractivity contribution in [1.29, 1.82) is 0 Å². The molecule has 0 bridgehead atoms. The van der Waals surface area contributed by atoms with Crippen LogP contribution in [0.1, 0.15) is 12.8 Å². The average Bonchev–Trinajstić information content (AvgIpc) is 3.44. The first-order valence-electron chi connectivity index (χ1n) is 17.9. The van der Waals surface area contributed by atoms with Crippen molar-refractivity contribution in [3.8, 4) is 0 Å². The molecule has 0 spiro atoms. The highest BCUT2D eigenvalue weighted by atomic mass is 32.3. The molecule has 5 aliphatic rings. The van der Waals surface area contributed by atoms with Crippen LogP contribution in [0.15, 0.2) is 0 Å². The number of hydrogen-bond acceptors (Lipinski definition) is 25. The molecule has 5 rings (SSSR count). The van der Waals surface area contributed by atoms with E-state index >= 15 is 0 Å². The van der Waals surface area contributed by atoms with Crippen LogP contribution in [0.4, 0.5) is 0 Å². The van der Waals surface area contributed by atoms with Gasteiger partial charge in [-0.1, -0.05) is 0 Å². The Morgan fingerprint density at radius 3 is 1.54 bits per heavy atom. The molecule has 22 N–H and O–H groups in total. The number of aliphatic hydroxyl groups is 10. The minimum absolute atomic E-state index is 0.0266. The van der Waals surface area contributed by atoms with Crippen LogP contribution in [0.5, 0.6) is 0 Å². The molecule has 28 heteroatoms. The summed E-state index contributed by atoms with van der Waals surface area (Å²) in [6.07, 6.45) is -26.9. The number of hydrogen-bond donors (Lipinski definition) is 17. The van der Waals surface area contributed by atoms with Gasteiger partial charge in [-0.05, 0) is 12.8 Å². The molecule has 0 aromatic heterocycles. The second-order valence-corrected chi connectivity index (χ2v) is 15.3. The van der Waals surface area contributed by atoms with Gasteiger partial charge in [-0.2, -0.15) is 8.42 Å². The normalized spacial score (nSPS) is 49.6. The molecule has 57 heavy (non-hydrogen) atoms. The van der Waals surface area contributed by atoms with Crippen molar-refractivity contribution in [3.05, 3.63) is 0 Å². The molecule has 1 saturated carbocycles. The third kappa shape index (κ3) is 11.7. The van der Waals surface area contributed by atoms with Crippen LogP contribution in [0, 0.1) is 0 Å². The molecule has 4 aliphatic heterocycles. The molecular weight excluding hydrogens is 802 g/mol. The summed E-state index contributed by atoms with van der Waals surface area (Å²) in [5, 5.41) is 104. The van der Waals surface area contributed by atoms with Crippen LogP contribution in [0.3, 0.4) is 0 Å². The van der Waals surface area contributed by atoms with Gasteiger partial charge in [0, 0.05) is 18.6 Å². The molecule has 27 nitrogen and oxygen atoms in total. The number of aliphatic hydroxyl groups excluding tert-OH is 10. The first-order chi connectivity index (χ1) is 26.6. The molecule has 0 amide bonds. The van der Waals surface area contributed by atoms with Gasteiger partial charge in [0.1, 0.15) is 79.4 Å². The summed E-state index contributed by atoms with van der Waals surface area (Å²) in [5.41, 5.74) is 30.8. The average molecular weight is 860 g/mol. The van der Waals surface area contributed by atoms with Gasteiger partial charge in [-0.3, -0.25) is 9.11 Å². The fraction of sp³-hybridized carbons (Fsp3) is 1.00. The SMILES string of the molecule is NC[C@@H]1O[C@H](O[C@H]2[C@@H](O)[C@H](O[C@@H]3[C@@H](O)[C@H](N)C[C@H](N)[C@H]3O[C@H]3O[C@H](CO)[C@@H](O)C[C@H]3N)O[C@@H]2CO)[C@H](N)[C@@H](O)[C@@H]1O[C@H]1O[C@H](CO)[C@@H](O)[C@H](O)[C@@H]1O.O=S(=O)(O)O. The molecule has 0 radical (unpaired) electrons. The fourth-order valence-electron chi connectivity index (χ4n) is 7.16. The third-order valence-corrected chi connectivity index (χ3v) is 10.3. The molecule has 1 aliphatic carbocycles. The maximum absolute atomic E-state index is 11.4. The third-order valence-electron chi connectivity index (χ3n) is 10.3. The van der Waals surface area contributed by atoms with Gasteiger partial charge in [0.05, 0.1) is 44.1 Å². The van der Waals surface area contributed by atoms with Crippen LogP contribution < -0.4 is 28.7 Å². The largest absolute Gasteiger partial charge is 0.394 e. The fourth-order valence-corrected chi connectivity index (χ4v) is 7.16. The predicted octanol–water partition coefficient (Wildman–Crippen LogP) is -10.7. The smallest absolute Gasteiger partial charge is 0.394 e. The van der Waals surface area contributed by atoms with Gasteiger partial charge < -0.3 is 118 Å². The summed E-state index contributed by atoms with van der Waals surface area (Å²) < 4.78 is 78.0. The lowest BCUT2D eigenvalue weighted by Crippen LogP contribution is -2.67. The molecule has 0 aromatic rings. The van der Waals surface area contributed by atoms with Crippen LogP contribution in [0.25, 0.3) is 0 Å². The Morgan fingerprint density at radius 1 is 0.491 bits per heavy atom. The highest BCUT2D eigenvalue weighted by molar-refractivity contribution is 7.79. The van der Waals surface area contributed by atoms with Crippen LogP contribution in [0.2, 0.25) is 0 Å². The Labute approximate surface area is 325 Å². The highest BCUT2D eigenvalue weighted by Crippen LogP contribution is 2.35. The standard InChI is InChI=1S/C29H55N5O18.H2O4S/c30-3-11-23(51-28-20(43)19(42)17(40)13(5-36)47-28)18(41)15(34)27(45-11)50-24-14(6-37)48-29(21(24)44)52-25-16(39)7(31)1-8(32)22(25)49-26-9(33)2-10(38)12(4-35)46-26;1-5(2,3)4/h7-29,35-44H,1-6,30-34H2;(H2,1,2,3,4)/t7-,8+,9-,10+,11+,12-,13-,14-,15-,16+,17-,18-,19+,20+,21-,22-,23-,24-,25-,26-,27-,28-,29+;/m1./s1. The summed E-state index contributed by atoms with van der Waals surface area (Å²) in [6, 6.07) is -4.01. The van der Waals surface area contributed by atoms with Gasteiger partial charge in [0.15, 0.2) is 25.2 Å². The summed E-state index contributed by atoms with van der Waals surface area (Å²) in [4.78, 5) is 0. The number of ether oxygens (including phenoxy) is 8. The Kier molecular flexibility index (Phi) is 17.6. The Bertz CT molecular complexity index is 1340. The summed E-state index contributed by atoms with van der Waals surface area (Å²) in [7, 11) is -4.67. The number of nitrogens with two attached hydrogens (primary N) is 5. The Balaban J connectivity index is 0.00000135. The van der Waals surface area contributed by atoms with Crippen LogP contribution in [-0.2, 0) is 48.3 Å². The quantitative estimate of drug-likeness (QED) is 0.0810. The van der Waals surface area contributed by atoms with Crippen molar-refractivity contribution in [2.75, 3.05) is 26.4 Å². The topological polar surface area (TPSA) is 481 Å². The van der Waals surface area contributed by atoms with Gasteiger partial charge in [0.25, 0.3) is 0 Å². The van der Waals surface area contributed by atoms with Crippen molar-refractivity contribution < 1.29 is 106 Å². The van der Waals surface area contributed by atoms with E-state index in [4.69, 9.17) is 84.1 Å². The van der Waals surface area contributed by atoms with E-state index in [2.05, 4.69) is 0 Å². The Hall–Kier alpha value is -1.05. The van der Waals surface area contributed by atoms with E-state index in [1.54, 1.807) is 0 Å². The van der Waals surface area contributed by atoms with E-state index < -0.39 is 171 Å². The van der Waals surface area contributed by atoms with E-state index in [1.807, 2.05) is 0 Å². The second kappa shape index (κ2) is 20.7. The molecule has 336 valence electrons. The second-order valence-electron chi connectivity index (χ2n) is 14.4. The molecule has 23 atom stereocenters. The summed E-state index contributed by atoms with van der Waals surface area (Å²) in [5.74, 6) is 0. The zero-order valence-corrected chi connectivity index (χ0v) is 31.1. The molecule has 5 fully saturated rings. The van der Waals surface area contributed by atoms with Crippen LogP contribution in [-0.4, -0.2) is 236 Å². The van der Waals surface area contributed by atoms with E-state index in [1.165, 1.54) is 0 Å². The minimum atomic E-state index is -4.67. The zero-order chi connectivity index (χ0) is 42.7. The lowest BCUT2D eigenvalue weighted by molar-refractivity contribution is -0.348. The highest BCUT2D eigenvalue weighted by Gasteiger charge is 2.55. The van der Waals surface area contributed by atoms with Crippen molar-refractivity contribution in [1.82, 2.24) is 0 Å². The maximum atomic E-state index is 11.4. The van der Waals surface area contributed by atoms with Crippen molar-refractivity contribution in [2.45, 2.75) is 154 Å². The Morgan fingerprint density at radius 2 is 0.965 bits per heavy atom. The van der Waals surface area contributed by atoms with Crippen molar-refractivity contribution in [3.63, 3.8) is 0 Å². The van der Waals surface area contributed by atoms with Gasteiger partial charge in [-0.25, -0.2) is 0 Å². The van der Waals surface area contributed by atoms with Crippen molar-refractivity contribution >= 4 is 10.4 Å². The first kappa shape index (κ1) is 48.6.